The third kappa shape index (κ3) is 4.22. The van der Waals surface area contributed by atoms with Gasteiger partial charge in [-0.25, -0.2) is 9.78 Å². The lowest BCUT2D eigenvalue weighted by molar-refractivity contribution is -0.131. The molecule has 0 amide bonds. The summed E-state index contributed by atoms with van der Waals surface area (Å²) in [6.45, 7) is 4.50. The van der Waals surface area contributed by atoms with Gasteiger partial charge in [-0.3, -0.25) is 0 Å². The zero-order valence-corrected chi connectivity index (χ0v) is 9.54. The highest BCUT2D eigenvalue weighted by atomic mass is 32.1. The van der Waals surface area contributed by atoms with E-state index in [9.17, 15) is 4.79 Å². The summed E-state index contributed by atoms with van der Waals surface area (Å²) in [6, 6.07) is 0.155. The molecule has 1 rings (SSSR count). The third-order valence-corrected chi connectivity index (χ3v) is 2.95. The highest BCUT2D eigenvalue weighted by Gasteiger charge is 2.06. The number of rotatable bonds is 5. The molecule has 1 unspecified atom stereocenters. The topological polar surface area (TPSA) is 62.2 Å². The highest BCUT2D eigenvalue weighted by molar-refractivity contribution is 7.09. The molecule has 4 nitrogen and oxygen atoms in total. The number of hydrogen-bond donors (Lipinski definition) is 2. The van der Waals surface area contributed by atoms with Gasteiger partial charge < -0.3 is 10.4 Å². The minimum Gasteiger partial charge on any atom is -0.478 e. The van der Waals surface area contributed by atoms with E-state index in [4.69, 9.17) is 5.11 Å². The van der Waals surface area contributed by atoms with E-state index in [-0.39, 0.29) is 6.04 Å². The summed E-state index contributed by atoms with van der Waals surface area (Å²) in [6.07, 6.45) is 2.71. The molecule has 0 aliphatic heterocycles. The third-order valence-electron chi connectivity index (χ3n) is 1.81. The maximum absolute atomic E-state index is 10.2. The second-order valence-electron chi connectivity index (χ2n) is 3.20. The number of aromatic nitrogens is 1. The molecule has 1 atom stereocenters. The van der Waals surface area contributed by atoms with Crippen molar-refractivity contribution in [3.8, 4) is 0 Å². The van der Waals surface area contributed by atoms with Crippen molar-refractivity contribution in [1.29, 1.82) is 0 Å². The van der Waals surface area contributed by atoms with Crippen molar-refractivity contribution in [2.45, 2.75) is 19.9 Å². The van der Waals surface area contributed by atoms with Gasteiger partial charge in [0.05, 0.1) is 6.04 Å². The molecule has 1 heterocycles. The Morgan fingerprint density at radius 2 is 2.53 bits per heavy atom. The van der Waals surface area contributed by atoms with E-state index in [2.05, 4.69) is 10.3 Å². The van der Waals surface area contributed by atoms with Crippen LogP contribution < -0.4 is 5.32 Å². The quantitative estimate of drug-likeness (QED) is 0.751. The molecule has 0 aliphatic carbocycles. The van der Waals surface area contributed by atoms with Crippen LogP contribution in [0, 0.1) is 6.92 Å². The molecule has 82 valence electrons. The van der Waals surface area contributed by atoms with Crippen LogP contribution in [0.25, 0.3) is 0 Å². The predicted molar refractivity (Wildman–Crippen MR) is 60.0 cm³/mol. The largest absolute Gasteiger partial charge is 0.478 e. The fourth-order valence-corrected chi connectivity index (χ4v) is 1.89. The van der Waals surface area contributed by atoms with Crippen LogP contribution >= 0.6 is 11.3 Å². The maximum Gasteiger partial charge on any atom is 0.328 e. The van der Waals surface area contributed by atoms with E-state index >= 15 is 0 Å². The van der Waals surface area contributed by atoms with Crippen molar-refractivity contribution in [2.24, 2.45) is 0 Å². The zero-order chi connectivity index (χ0) is 11.3. The number of aliphatic carboxylic acids is 1. The molecule has 0 fully saturated rings. The lowest BCUT2D eigenvalue weighted by Crippen LogP contribution is -2.18. The molecule has 0 saturated heterocycles. The Kier molecular flexibility index (Phi) is 4.45. The number of hydrogen-bond acceptors (Lipinski definition) is 4. The van der Waals surface area contributed by atoms with Crippen molar-refractivity contribution < 1.29 is 9.90 Å². The number of nitrogens with zero attached hydrogens (tertiary/aromatic N) is 1. The zero-order valence-electron chi connectivity index (χ0n) is 8.73. The Labute approximate surface area is 92.7 Å². The van der Waals surface area contributed by atoms with Crippen LogP contribution in [-0.2, 0) is 4.79 Å². The van der Waals surface area contributed by atoms with E-state index in [1.807, 2.05) is 19.2 Å². The van der Waals surface area contributed by atoms with Gasteiger partial charge in [-0.2, -0.15) is 0 Å². The van der Waals surface area contributed by atoms with Crippen molar-refractivity contribution in [1.82, 2.24) is 10.3 Å². The Balaban J connectivity index is 2.36. The van der Waals surface area contributed by atoms with Crippen LogP contribution in [-0.4, -0.2) is 22.6 Å². The number of thiazole rings is 1. The summed E-state index contributed by atoms with van der Waals surface area (Å²) in [5.74, 6) is -0.922. The predicted octanol–water partition coefficient (Wildman–Crippen LogP) is 1.74. The van der Waals surface area contributed by atoms with Crippen LogP contribution in [0.4, 0.5) is 0 Å². The number of carboxylic acid groups (broad SMARTS) is 1. The standard InChI is InChI=1S/C10H14N2O2S/c1-7-6-15-10(12-7)8(2)11-5-3-4-9(13)14/h3-4,6,8,11H,5H2,1-2H3,(H,13,14)/b4-3+. The highest BCUT2D eigenvalue weighted by Crippen LogP contribution is 2.16. The molecule has 0 saturated carbocycles. The van der Waals surface area contributed by atoms with Crippen LogP contribution in [0.15, 0.2) is 17.5 Å². The average molecular weight is 226 g/mol. The van der Waals surface area contributed by atoms with Crippen LogP contribution in [0.5, 0.6) is 0 Å². The average Bonchev–Trinajstić information content (AvgIpc) is 2.59. The number of aryl methyl sites for hydroxylation is 1. The molecule has 0 bridgehead atoms. The molecule has 0 radical (unpaired) electrons. The van der Waals surface area contributed by atoms with E-state index in [0.29, 0.717) is 6.54 Å². The Morgan fingerprint density at radius 1 is 1.80 bits per heavy atom. The minimum absolute atomic E-state index is 0.155. The van der Waals surface area contributed by atoms with Gasteiger partial charge in [0.15, 0.2) is 0 Å². The number of carboxylic acids is 1. The molecule has 1 aromatic rings. The summed E-state index contributed by atoms with van der Waals surface area (Å²) < 4.78 is 0. The first-order valence-electron chi connectivity index (χ1n) is 4.64. The molecule has 0 aromatic carbocycles. The summed E-state index contributed by atoms with van der Waals surface area (Å²) in [5, 5.41) is 14.6. The van der Waals surface area contributed by atoms with Crippen molar-refractivity contribution in [2.75, 3.05) is 6.54 Å². The summed E-state index contributed by atoms with van der Waals surface area (Å²) >= 11 is 1.61. The maximum atomic E-state index is 10.2. The van der Waals surface area contributed by atoms with Crippen LogP contribution in [0.2, 0.25) is 0 Å². The summed E-state index contributed by atoms with van der Waals surface area (Å²) in [5.41, 5.74) is 1.02. The number of carbonyl (C=O) groups is 1. The Bertz CT molecular complexity index is 360. The monoisotopic (exact) mass is 226 g/mol. The first kappa shape index (κ1) is 11.9. The number of nitrogens with one attached hydrogen (secondary N) is 1. The molecular weight excluding hydrogens is 212 g/mol. The van der Waals surface area contributed by atoms with Crippen molar-refractivity contribution in [3.05, 3.63) is 28.2 Å². The van der Waals surface area contributed by atoms with E-state index in [1.165, 1.54) is 0 Å². The first-order chi connectivity index (χ1) is 7.09. The molecule has 5 heteroatoms. The molecule has 2 N–H and O–H groups in total. The molecular formula is C10H14N2O2S. The van der Waals surface area contributed by atoms with Crippen molar-refractivity contribution in [3.63, 3.8) is 0 Å². The van der Waals surface area contributed by atoms with Crippen LogP contribution in [0.3, 0.4) is 0 Å². The molecule has 0 aliphatic rings. The summed E-state index contributed by atoms with van der Waals surface area (Å²) in [4.78, 5) is 14.5. The van der Waals surface area contributed by atoms with Crippen LogP contribution in [0.1, 0.15) is 23.7 Å². The molecule has 15 heavy (non-hydrogen) atoms. The van der Waals surface area contributed by atoms with Gasteiger partial charge in [-0.15, -0.1) is 11.3 Å². The lowest BCUT2D eigenvalue weighted by atomic mass is 10.3. The van der Waals surface area contributed by atoms with Gasteiger partial charge in [0, 0.05) is 23.7 Å². The fraction of sp³-hybridized carbons (Fsp3) is 0.400. The second-order valence-corrected chi connectivity index (χ2v) is 4.09. The van der Waals surface area contributed by atoms with E-state index in [0.717, 1.165) is 16.8 Å². The van der Waals surface area contributed by atoms with Gasteiger partial charge >= 0.3 is 5.97 Å². The van der Waals surface area contributed by atoms with Gasteiger partial charge in [0.25, 0.3) is 0 Å². The summed E-state index contributed by atoms with van der Waals surface area (Å²) in [7, 11) is 0. The fourth-order valence-electron chi connectivity index (χ4n) is 1.06. The van der Waals surface area contributed by atoms with Crippen molar-refractivity contribution >= 4 is 17.3 Å². The second kappa shape index (κ2) is 5.63. The smallest absolute Gasteiger partial charge is 0.328 e. The Morgan fingerprint density at radius 3 is 3.07 bits per heavy atom. The van der Waals surface area contributed by atoms with E-state index < -0.39 is 5.97 Å². The minimum atomic E-state index is -0.922. The molecule has 0 spiro atoms. The SMILES string of the molecule is Cc1csc(C(C)NC/C=C/C(=O)O)n1. The van der Waals surface area contributed by atoms with Gasteiger partial charge in [-0.1, -0.05) is 6.08 Å². The normalized spacial score (nSPS) is 13.2. The molecule has 1 aromatic heterocycles. The van der Waals surface area contributed by atoms with Gasteiger partial charge in [0.1, 0.15) is 5.01 Å². The van der Waals surface area contributed by atoms with Gasteiger partial charge in [0.2, 0.25) is 0 Å². The first-order valence-corrected chi connectivity index (χ1v) is 5.52. The Hall–Kier alpha value is -1.20. The van der Waals surface area contributed by atoms with E-state index in [1.54, 1.807) is 17.4 Å². The van der Waals surface area contributed by atoms with Gasteiger partial charge in [-0.05, 0) is 13.8 Å². The lowest BCUT2D eigenvalue weighted by Gasteiger charge is -2.08.